The van der Waals surface area contributed by atoms with E-state index in [1.165, 1.54) is 5.56 Å². The number of ether oxygens (including phenoxy) is 1. The van der Waals surface area contributed by atoms with Crippen LogP contribution in [0, 0.1) is 0 Å². The van der Waals surface area contributed by atoms with Gasteiger partial charge in [0.2, 0.25) is 0 Å². The van der Waals surface area contributed by atoms with Crippen LogP contribution in [0.4, 0.5) is 0 Å². The number of nitrogens with zero attached hydrogens (tertiary/aromatic N) is 4. The Morgan fingerprint density at radius 1 is 1.32 bits per heavy atom. The molecule has 0 saturated carbocycles. The first-order valence-electron chi connectivity index (χ1n) is 7.59. The SMILES string of the molecule is COC(Cc1ccccc1)CN1C[C@@H](O)[C@H](n2ccnn2)C1. The number of β-amino-alcohol motifs (C(OH)–C–C–N with tert-alkyl or cyclic N) is 1. The molecule has 1 aromatic carbocycles. The molecule has 1 unspecified atom stereocenters. The largest absolute Gasteiger partial charge is 0.390 e. The number of aliphatic hydroxyl groups excluding tert-OH is 1. The maximum absolute atomic E-state index is 10.2. The summed E-state index contributed by atoms with van der Waals surface area (Å²) in [7, 11) is 1.75. The van der Waals surface area contributed by atoms with E-state index in [0.29, 0.717) is 6.54 Å². The Balaban J connectivity index is 1.58. The van der Waals surface area contributed by atoms with Gasteiger partial charge in [-0.1, -0.05) is 35.5 Å². The van der Waals surface area contributed by atoms with Gasteiger partial charge >= 0.3 is 0 Å². The molecule has 1 aliphatic heterocycles. The first-order chi connectivity index (χ1) is 10.8. The Bertz CT molecular complexity index is 561. The molecular formula is C16H22N4O2. The maximum atomic E-state index is 10.2. The summed E-state index contributed by atoms with van der Waals surface area (Å²) in [6.07, 6.45) is 4.01. The summed E-state index contributed by atoms with van der Waals surface area (Å²) < 4.78 is 7.36. The molecule has 3 rings (SSSR count). The van der Waals surface area contributed by atoms with Crippen molar-refractivity contribution >= 4 is 0 Å². The van der Waals surface area contributed by atoms with Crippen LogP contribution in [0.2, 0.25) is 0 Å². The second-order valence-electron chi connectivity index (χ2n) is 5.78. The molecule has 6 heteroatoms. The molecule has 1 saturated heterocycles. The Morgan fingerprint density at radius 3 is 2.82 bits per heavy atom. The summed E-state index contributed by atoms with van der Waals surface area (Å²) in [6, 6.07) is 10.3. The van der Waals surface area contributed by atoms with Crippen molar-refractivity contribution in [1.29, 1.82) is 0 Å². The zero-order valence-corrected chi connectivity index (χ0v) is 12.7. The summed E-state index contributed by atoms with van der Waals surface area (Å²) in [5.41, 5.74) is 1.27. The number of aliphatic hydroxyl groups is 1. The van der Waals surface area contributed by atoms with Gasteiger partial charge in [0.15, 0.2) is 0 Å². The lowest BCUT2D eigenvalue weighted by atomic mass is 10.1. The lowest BCUT2D eigenvalue weighted by Crippen LogP contribution is -2.34. The van der Waals surface area contributed by atoms with E-state index in [9.17, 15) is 5.11 Å². The van der Waals surface area contributed by atoms with Gasteiger partial charge in [0.1, 0.15) is 0 Å². The van der Waals surface area contributed by atoms with E-state index in [1.807, 2.05) is 18.2 Å². The zero-order valence-electron chi connectivity index (χ0n) is 12.7. The lowest BCUT2D eigenvalue weighted by Gasteiger charge is -2.22. The highest BCUT2D eigenvalue weighted by molar-refractivity contribution is 5.15. The van der Waals surface area contributed by atoms with Crippen LogP contribution in [0.1, 0.15) is 11.6 Å². The van der Waals surface area contributed by atoms with Crippen LogP contribution >= 0.6 is 0 Å². The highest BCUT2D eigenvalue weighted by Gasteiger charge is 2.34. The molecule has 1 aliphatic rings. The van der Waals surface area contributed by atoms with E-state index in [2.05, 4.69) is 27.3 Å². The predicted octanol–water partition coefficient (Wildman–Crippen LogP) is 0.753. The van der Waals surface area contributed by atoms with E-state index in [0.717, 1.165) is 19.5 Å². The number of rotatable bonds is 6. The quantitative estimate of drug-likeness (QED) is 0.853. The molecule has 2 aromatic rings. The molecule has 22 heavy (non-hydrogen) atoms. The fourth-order valence-electron chi connectivity index (χ4n) is 3.04. The third-order valence-corrected chi connectivity index (χ3v) is 4.22. The van der Waals surface area contributed by atoms with E-state index in [-0.39, 0.29) is 12.1 Å². The van der Waals surface area contributed by atoms with Crippen molar-refractivity contribution in [3.8, 4) is 0 Å². The maximum Gasteiger partial charge on any atom is 0.0934 e. The normalized spacial score (nSPS) is 23.7. The average molecular weight is 302 g/mol. The number of hydrogen-bond acceptors (Lipinski definition) is 5. The van der Waals surface area contributed by atoms with E-state index < -0.39 is 6.10 Å². The Morgan fingerprint density at radius 2 is 2.14 bits per heavy atom. The Kier molecular flexibility index (Phi) is 4.82. The summed E-state index contributed by atoms with van der Waals surface area (Å²) in [6.45, 7) is 2.20. The minimum absolute atomic E-state index is 0.0308. The van der Waals surface area contributed by atoms with Gasteiger partial charge in [-0.05, 0) is 12.0 Å². The van der Waals surface area contributed by atoms with Crippen LogP contribution in [0.3, 0.4) is 0 Å². The lowest BCUT2D eigenvalue weighted by molar-refractivity contribution is 0.0668. The van der Waals surface area contributed by atoms with Gasteiger partial charge in [0, 0.05) is 32.9 Å². The average Bonchev–Trinajstić information content (AvgIpc) is 3.17. The number of aromatic nitrogens is 3. The molecule has 1 N–H and O–H groups in total. The molecule has 1 fully saturated rings. The fourth-order valence-corrected chi connectivity index (χ4v) is 3.04. The molecule has 2 heterocycles. The smallest absolute Gasteiger partial charge is 0.0934 e. The summed E-state index contributed by atoms with van der Waals surface area (Å²) in [5.74, 6) is 0. The van der Waals surface area contributed by atoms with Crippen molar-refractivity contribution in [1.82, 2.24) is 19.9 Å². The molecule has 3 atom stereocenters. The van der Waals surface area contributed by atoms with E-state index >= 15 is 0 Å². The van der Waals surface area contributed by atoms with Crippen LogP contribution in [0.5, 0.6) is 0 Å². The monoisotopic (exact) mass is 302 g/mol. The fraction of sp³-hybridized carbons (Fsp3) is 0.500. The summed E-state index contributed by atoms with van der Waals surface area (Å²) in [5, 5.41) is 18.1. The number of methoxy groups -OCH3 is 1. The first-order valence-corrected chi connectivity index (χ1v) is 7.59. The summed E-state index contributed by atoms with van der Waals surface area (Å²) in [4.78, 5) is 2.23. The van der Waals surface area contributed by atoms with Gasteiger partial charge in [-0.15, -0.1) is 5.10 Å². The van der Waals surface area contributed by atoms with Crippen LogP contribution in [-0.2, 0) is 11.2 Å². The predicted molar refractivity (Wildman–Crippen MR) is 82.4 cm³/mol. The van der Waals surface area contributed by atoms with Crippen molar-refractivity contribution in [2.24, 2.45) is 0 Å². The minimum atomic E-state index is -0.420. The van der Waals surface area contributed by atoms with Crippen molar-refractivity contribution in [3.63, 3.8) is 0 Å². The van der Waals surface area contributed by atoms with Gasteiger partial charge in [0.25, 0.3) is 0 Å². The zero-order chi connectivity index (χ0) is 15.4. The van der Waals surface area contributed by atoms with Crippen LogP contribution < -0.4 is 0 Å². The van der Waals surface area contributed by atoms with Gasteiger partial charge < -0.3 is 9.84 Å². The molecule has 0 aliphatic carbocycles. The van der Waals surface area contributed by atoms with E-state index in [4.69, 9.17) is 4.74 Å². The van der Waals surface area contributed by atoms with Crippen molar-refractivity contribution in [3.05, 3.63) is 48.3 Å². The minimum Gasteiger partial charge on any atom is -0.390 e. The molecule has 0 amide bonds. The van der Waals surface area contributed by atoms with Crippen LogP contribution in [0.25, 0.3) is 0 Å². The van der Waals surface area contributed by atoms with Gasteiger partial charge in [-0.3, -0.25) is 4.90 Å². The number of hydrogen-bond donors (Lipinski definition) is 1. The molecule has 118 valence electrons. The van der Waals surface area contributed by atoms with Gasteiger partial charge in [0.05, 0.1) is 24.4 Å². The second kappa shape index (κ2) is 7.00. The Hall–Kier alpha value is -1.76. The van der Waals surface area contributed by atoms with Crippen molar-refractivity contribution in [2.45, 2.75) is 24.7 Å². The topological polar surface area (TPSA) is 63.4 Å². The molecule has 0 spiro atoms. The third kappa shape index (κ3) is 3.52. The van der Waals surface area contributed by atoms with Crippen LogP contribution in [-0.4, -0.2) is 64.0 Å². The summed E-state index contributed by atoms with van der Waals surface area (Å²) >= 11 is 0. The first kappa shape index (κ1) is 15.1. The van der Waals surface area contributed by atoms with Gasteiger partial charge in [-0.25, -0.2) is 4.68 Å². The molecule has 0 radical (unpaired) electrons. The molecule has 1 aromatic heterocycles. The number of benzene rings is 1. The Labute approximate surface area is 130 Å². The molecule has 6 nitrogen and oxygen atoms in total. The highest BCUT2D eigenvalue weighted by Crippen LogP contribution is 2.22. The van der Waals surface area contributed by atoms with Crippen molar-refractivity contribution in [2.75, 3.05) is 26.7 Å². The standard InChI is InChI=1S/C16H22N4O2/c1-22-14(9-13-5-3-2-4-6-13)10-19-11-15(16(21)12-19)20-8-7-17-18-20/h2-8,14-16,21H,9-12H2,1H3/t14?,15-,16-/m1/s1. The highest BCUT2D eigenvalue weighted by atomic mass is 16.5. The number of likely N-dealkylation sites (tertiary alicyclic amines) is 1. The van der Waals surface area contributed by atoms with E-state index in [1.54, 1.807) is 24.2 Å². The van der Waals surface area contributed by atoms with Crippen LogP contribution in [0.15, 0.2) is 42.7 Å². The van der Waals surface area contributed by atoms with Crippen molar-refractivity contribution < 1.29 is 9.84 Å². The van der Waals surface area contributed by atoms with Gasteiger partial charge in [-0.2, -0.15) is 0 Å². The third-order valence-electron chi connectivity index (χ3n) is 4.22. The molecule has 0 bridgehead atoms. The molecular weight excluding hydrogens is 280 g/mol. The second-order valence-corrected chi connectivity index (χ2v) is 5.78.